The van der Waals surface area contributed by atoms with Crippen LogP contribution >= 0.6 is 0 Å². The molecule has 0 spiro atoms. The molecule has 0 aromatic heterocycles. The molecular weight excluding hydrogens is 212 g/mol. The smallest absolute Gasteiger partial charge is 0.118 e. The highest BCUT2D eigenvalue weighted by Crippen LogP contribution is 2.24. The van der Waals surface area contributed by atoms with Crippen LogP contribution in [0.4, 0.5) is 0 Å². The molecule has 95 valence electrons. The Bertz CT molecular complexity index is 322. The number of hydrogen-bond donors (Lipinski definition) is 1. The molecule has 17 heavy (non-hydrogen) atoms. The number of rotatable bonds is 6. The van der Waals surface area contributed by atoms with Crippen LogP contribution in [0.5, 0.6) is 5.75 Å². The summed E-state index contributed by atoms with van der Waals surface area (Å²) in [5, 5.41) is 9.64. The van der Waals surface area contributed by atoms with Gasteiger partial charge in [0.05, 0.1) is 12.7 Å². The largest absolute Gasteiger partial charge is 0.497 e. The van der Waals surface area contributed by atoms with Crippen molar-refractivity contribution in [2.75, 3.05) is 7.11 Å². The van der Waals surface area contributed by atoms with Gasteiger partial charge in [0, 0.05) is 5.92 Å². The summed E-state index contributed by atoms with van der Waals surface area (Å²) in [5.41, 5.74) is 0.696. The lowest BCUT2D eigenvalue weighted by Gasteiger charge is -2.18. The lowest BCUT2D eigenvalue weighted by molar-refractivity contribution is 0.0686. The molecule has 1 radical (unpaired) electrons. The molecule has 0 amide bonds. The molecule has 1 N–H and O–H groups in total. The van der Waals surface area contributed by atoms with E-state index in [1.54, 1.807) is 7.11 Å². The fourth-order valence-corrected chi connectivity index (χ4v) is 1.81. The van der Waals surface area contributed by atoms with Gasteiger partial charge < -0.3 is 9.84 Å². The Balaban J connectivity index is 2.43. The maximum absolute atomic E-state index is 9.64. The van der Waals surface area contributed by atoms with Gasteiger partial charge in [-0.3, -0.25) is 0 Å². The molecular formula is C15H23O2. The topological polar surface area (TPSA) is 29.5 Å². The zero-order valence-corrected chi connectivity index (χ0v) is 11.3. The van der Waals surface area contributed by atoms with E-state index in [1.807, 2.05) is 26.0 Å². The third-order valence-electron chi connectivity index (χ3n) is 2.92. The van der Waals surface area contributed by atoms with Gasteiger partial charge in [-0.25, -0.2) is 0 Å². The van der Waals surface area contributed by atoms with E-state index in [1.165, 1.54) is 11.5 Å². The average molecular weight is 235 g/mol. The van der Waals surface area contributed by atoms with Gasteiger partial charge in [-0.05, 0) is 50.8 Å². The van der Waals surface area contributed by atoms with Crippen LogP contribution < -0.4 is 4.74 Å². The second kappa shape index (κ2) is 6.06. The maximum Gasteiger partial charge on any atom is 0.118 e. The van der Waals surface area contributed by atoms with Gasteiger partial charge >= 0.3 is 0 Å². The van der Waals surface area contributed by atoms with Crippen LogP contribution in [-0.2, 0) is 0 Å². The molecule has 0 heterocycles. The molecule has 0 aliphatic carbocycles. The first kappa shape index (κ1) is 14.0. The van der Waals surface area contributed by atoms with Crippen LogP contribution in [0.15, 0.2) is 24.3 Å². The molecule has 1 aromatic rings. The van der Waals surface area contributed by atoms with Crippen molar-refractivity contribution < 1.29 is 9.84 Å². The SMILES string of the molecule is COc1ccc([C](C)CCCC(C)(C)O)cc1. The molecule has 0 saturated heterocycles. The Hall–Kier alpha value is -1.02. The van der Waals surface area contributed by atoms with Crippen LogP contribution in [0.25, 0.3) is 0 Å². The second-order valence-electron chi connectivity index (χ2n) is 5.17. The van der Waals surface area contributed by atoms with E-state index in [0.29, 0.717) is 0 Å². The minimum Gasteiger partial charge on any atom is -0.497 e. The van der Waals surface area contributed by atoms with E-state index in [0.717, 1.165) is 25.0 Å². The molecule has 0 fully saturated rings. The van der Waals surface area contributed by atoms with Gasteiger partial charge in [-0.15, -0.1) is 0 Å². The van der Waals surface area contributed by atoms with E-state index in [9.17, 15) is 5.11 Å². The number of aliphatic hydroxyl groups is 1. The van der Waals surface area contributed by atoms with Crippen LogP contribution in [-0.4, -0.2) is 17.8 Å². The number of methoxy groups -OCH3 is 1. The summed E-state index contributed by atoms with van der Waals surface area (Å²) in [6.45, 7) is 5.86. The summed E-state index contributed by atoms with van der Waals surface area (Å²) in [6, 6.07) is 8.13. The van der Waals surface area contributed by atoms with Crippen LogP contribution in [0.1, 0.15) is 45.6 Å². The molecule has 1 aromatic carbocycles. The van der Waals surface area contributed by atoms with Crippen molar-refractivity contribution in [3.05, 3.63) is 35.7 Å². The lowest BCUT2D eigenvalue weighted by Crippen LogP contribution is -2.18. The number of benzene rings is 1. The zero-order chi connectivity index (χ0) is 12.9. The Labute approximate surface area is 105 Å². The van der Waals surface area contributed by atoms with E-state index in [-0.39, 0.29) is 0 Å². The Morgan fingerprint density at radius 1 is 1.24 bits per heavy atom. The number of ether oxygens (including phenoxy) is 1. The van der Waals surface area contributed by atoms with Crippen molar-refractivity contribution in [1.29, 1.82) is 0 Å². The molecule has 0 aliphatic heterocycles. The van der Waals surface area contributed by atoms with Gasteiger partial charge in [0.1, 0.15) is 5.75 Å². The van der Waals surface area contributed by atoms with Gasteiger partial charge in [0.2, 0.25) is 0 Å². The molecule has 0 unspecified atom stereocenters. The fourth-order valence-electron chi connectivity index (χ4n) is 1.81. The van der Waals surface area contributed by atoms with E-state index in [2.05, 4.69) is 19.1 Å². The molecule has 0 bridgehead atoms. The minimum atomic E-state index is -0.555. The summed E-state index contributed by atoms with van der Waals surface area (Å²) >= 11 is 0. The summed E-state index contributed by atoms with van der Waals surface area (Å²) in [6.07, 6.45) is 2.87. The van der Waals surface area contributed by atoms with Gasteiger partial charge in [0.25, 0.3) is 0 Å². The molecule has 0 atom stereocenters. The first-order chi connectivity index (χ1) is 7.92. The third kappa shape index (κ3) is 5.22. The van der Waals surface area contributed by atoms with Crippen molar-refractivity contribution in [2.45, 2.75) is 45.6 Å². The van der Waals surface area contributed by atoms with E-state index < -0.39 is 5.60 Å². The maximum atomic E-state index is 9.64. The molecule has 2 heteroatoms. The van der Waals surface area contributed by atoms with Gasteiger partial charge in [-0.2, -0.15) is 0 Å². The van der Waals surface area contributed by atoms with Crippen molar-refractivity contribution in [1.82, 2.24) is 0 Å². The average Bonchev–Trinajstić information content (AvgIpc) is 2.27. The van der Waals surface area contributed by atoms with Gasteiger partial charge in [0.15, 0.2) is 0 Å². The van der Waals surface area contributed by atoms with Crippen LogP contribution in [0, 0.1) is 5.92 Å². The Morgan fingerprint density at radius 3 is 2.29 bits per heavy atom. The quantitative estimate of drug-likeness (QED) is 0.816. The zero-order valence-electron chi connectivity index (χ0n) is 11.3. The summed E-state index contributed by atoms with van der Waals surface area (Å²) < 4.78 is 5.13. The minimum absolute atomic E-state index is 0.555. The molecule has 1 rings (SSSR count). The first-order valence-corrected chi connectivity index (χ1v) is 6.11. The van der Waals surface area contributed by atoms with E-state index in [4.69, 9.17) is 4.74 Å². The summed E-state index contributed by atoms with van der Waals surface area (Å²) in [7, 11) is 1.68. The highest BCUT2D eigenvalue weighted by Gasteiger charge is 2.13. The van der Waals surface area contributed by atoms with Crippen molar-refractivity contribution in [3.8, 4) is 5.75 Å². The standard InChI is InChI=1S/C15H23O2/c1-12(6-5-11-15(2,3)16)13-7-9-14(17-4)10-8-13/h7-10,16H,5-6,11H2,1-4H3. The predicted molar refractivity (Wildman–Crippen MR) is 71.2 cm³/mol. The number of hydrogen-bond acceptors (Lipinski definition) is 2. The summed E-state index contributed by atoms with van der Waals surface area (Å²) in [4.78, 5) is 0. The highest BCUT2D eigenvalue weighted by molar-refractivity contribution is 5.34. The normalized spacial score (nSPS) is 11.9. The van der Waals surface area contributed by atoms with Crippen molar-refractivity contribution >= 4 is 0 Å². The van der Waals surface area contributed by atoms with E-state index >= 15 is 0 Å². The first-order valence-electron chi connectivity index (χ1n) is 6.11. The third-order valence-corrected chi connectivity index (χ3v) is 2.92. The molecule has 2 nitrogen and oxygen atoms in total. The molecule has 0 saturated carbocycles. The second-order valence-corrected chi connectivity index (χ2v) is 5.17. The summed E-state index contributed by atoms with van der Waals surface area (Å²) in [5.74, 6) is 2.25. The van der Waals surface area contributed by atoms with Crippen molar-refractivity contribution in [3.63, 3.8) is 0 Å². The fraction of sp³-hybridized carbons (Fsp3) is 0.533. The van der Waals surface area contributed by atoms with Gasteiger partial charge in [-0.1, -0.05) is 19.1 Å². The van der Waals surface area contributed by atoms with Crippen LogP contribution in [0.3, 0.4) is 0 Å². The van der Waals surface area contributed by atoms with Crippen molar-refractivity contribution in [2.24, 2.45) is 0 Å². The predicted octanol–water partition coefficient (Wildman–Crippen LogP) is 3.58. The van der Waals surface area contributed by atoms with Crippen LogP contribution in [0.2, 0.25) is 0 Å². The Morgan fingerprint density at radius 2 is 1.82 bits per heavy atom. The highest BCUT2D eigenvalue weighted by atomic mass is 16.5. The Kier molecular flexibility index (Phi) is 5.01. The molecule has 0 aliphatic rings. The monoisotopic (exact) mass is 235 g/mol. The lowest BCUT2D eigenvalue weighted by atomic mass is 9.92.